The quantitative estimate of drug-likeness (QED) is 0.789. The number of aliphatic hydroxyl groups excluding tert-OH is 1. The van der Waals surface area contributed by atoms with Gasteiger partial charge in [0, 0.05) is 6.54 Å². The molecule has 1 amide bonds. The minimum Gasteiger partial charge on any atom is -0.504 e. The molecule has 1 aromatic heterocycles. The van der Waals surface area contributed by atoms with Crippen LogP contribution in [0, 0.1) is 12.7 Å². The lowest BCUT2D eigenvalue weighted by atomic mass is 10.2. The zero-order valence-electron chi connectivity index (χ0n) is 11.7. The first kappa shape index (κ1) is 15.0. The van der Waals surface area contributed by atoms with Crippen molar-refractivity contribution in [3.8, 4) is 11.4 Å². The van der Waals surface area contributed by atoms with Gasteiger partial charge in [-0.05, 0) is 37.6 Å². The molecule has 0 spiro atoms. The number of hydrogen-bond donors (Lipinski definition) is 3. The fraction of sp³-hybridized carbons (Fsp3) is 0.286. The molecule has 0 fully saturated rings. The zero-order chi connectivity index (χ0) is 15.6. The number of nitrogens with one attached hydrogen (secondary N) is 1. The molecular weight excluding hydrogens is 277 g/mol. The third kappa shape index (κ3) is 3.38. The third-order valence-corrected chi connectivity index (χ3v) is 2.87. The second kappa shape index (κ2) is 5.92. The van der Waals surface area contributed by atoms with Gasteiger partial charge in [0.1, 0.15) is 5.82 Å². The lowest BCUT2D eigenvalue weighted by Crippen LogP contribution is -2.30. The standard InChI is InChI=1S/C14H16FN3O3/c1-8-5-10(15)3-4-11(8)18-7-12(20)13(17-18)14(21)16-6-9(2)19/h3-5,7,9,19-20H,6H2,1-2H3,(H,16,21). The highest BCUT2D eigenvalue weighted by Crippen LogP contribution is 2.20. The Morgan fingerprint density at radius 1 is 1.52 bits per heavy atom. The summed E-state index contributed by atoms with van der Waals surface area (Å²) in [5.41, 5.74) is 1.02. The van der Waals surface area contributed by atoms with E-state index in [0.29, 0.717) is 11.3 Å². The van der Waals surface area contributed by atoms with E-state index in [0.717, 1.165) is 0 Å². The van der Waals surface area contributed by atoms with Gasteiger partial charge in [0.2, 0.25) is 0 Å². The maximum atomic E-state index is 13.1. The molecule has 1 heterocycles. The summed E-state index contributed by atoms with van der Waals surface area (Å²) >= 11 is 0. The molecule has 0 aliphatic carbocycles. The molecule has 1 aromatic carbocycles. The lowest BCUT2D eigenvalue weighted by molar-refractivity contribution is 0.0916. The highest BCUT2D eigenvalue weighted by atomic mass is 19.1. The van der Waals surface area contributed by atoms with Gasteiger partial charge in [-0.3, -0.25) is 4.79 Å². The number of aromatic nitrogens is 2. The Kier molecular flexibility index (Phi) is 4.23. The molecule has 0 aliphatic rings. The molecule has 0 radical (unpaired) electrons. The molecule has 1 unspecified atom stereocenters. The van der Waals surface area contributed by atoms with E-state index in [1.807, 2.05) is 0 Å². The van der Waals surface area contributed by atoms with Crippen molar-refractivity contribution in [2.75, 3.05) is 6.54 Å². The second-order valence-electron chi connectivity index (χ2n) is 4.80. The van der Waals surface area contributed by atoms with Crippen molar-refractivity contribution < 1.29 is 19.4 Å². The highest BCUT2D eigenvalue weighted by Gasteiger charge is 2.18. The lowest BCUT2D eigenvalue weighted by Gasteiger charge is -2.06. The van der Waals surface area contributed by atoms with Crippen LogP contribution in [0.5, 0.6) is 5.75 Å². The number of benzene rings is 1. The number of aryl methyl sites for hydroxylation is 1. The number of carbonyl (C=O) groups is 1. The van der Waals surface area contributed by atoms with Gasteiger partial charge in [-0.25, -0.2) is 9.07 Å². The maximum absolute atomic E-state index is 13.1. The number of halogens is 1. The summed E-state index contributed by atoms with van der Waals surface area (Å²) in [7, 11) is 0. The van der Waals surface area contributed by atoms with E-state index in [2.05, 4.69) is 10.4 Å². The molecule has 2 aromatic rings. The first-order valence-electron chi connectivity index (χ1n) is 6.40. The van der Waals surface area contributed by atoms with Crippen LogP contribution in [0.3, 0.4) is 0 Å². The van der Waals surface area contributed by atoms with Crippen LogP contribution in [0.15, 0.2) is 24.4 Å². The summed E-state index contributed by atoms with van der Waals surface area (Å²) < 4.78 is 14.4. The Balaban J connectivity index is 2.28. The number of amides is 1. The van der Waals surface area contributed by atoms with Crippen molar-refractivity contribution in [3.63, 3.8) is 0 Å². The zero-order valence-corrected chi connectivity index (χ0v) is 11.7. The van der Waals surface area contributed by atoms with Crippen LogP contribution in [0.25, 0.3) is 5.69 Å². The average Bonchev–Trinajstić information content (AvgIpc) is 2.77. The van der Waals surface area contributed by atoms with E-state index in [1.165, 1.54) is 36.0 Å². The number of rotatable bonds is 4. The summed E-state index contributed by atoms with van der Waals surface area (Å²) in [6.07, 6.45) is 0.579. The van der Waals surface area contributed by atoms with Crippen LogP contribution in [0.4, 0.5) is 4.39 Å². The van der Waals surface area contributed by atoms with Gasteiger partial charge < -0.3 is 15.5 Å². The molecule has 7 heteroatoms. The van der Waals surface area contributed by atoms with E-state index in [1.54, 1.807) is 6.92 Å². The van der Waals surface area contributed by atoms with E-state index in [-0.39, 0.29) is 23.8 Å². The molecule has 21 heavy (non-hydrogen) atoms. The normalized spacial score (nSPS) is 12.2. The Morgan fingerprint density at radius 3 is 2.86 bits per heavy atom. The smallest absolute Gasteiger partial charge is 0.275 e. The molecule has 1 atom stereocenters. The van der Waals surface area contributed by atoms with Gasteiger partial charge in [-0.15, -0.1) is 0 Å². The molecule has 6 nitrogen and oxygen atoms in total. The van der Waals surface area contributed by atoms with E-state index in [9.17, 15) is 14.3 Å². The Labute approximate surface area is 120 Å². The van der Waals surface area contributed by atoms with Crippen LogP contribution >= 0.6 is 0 Å². The molecule has 112 valence electrons. The molecular formula is C14H16FN3O3. The van der Waals surface area contributed by atoms with E-state index < -0.39 is 12.0 Å². The number of hydrogen-bond acceptors (Lipinski definition) is 4. The van der Waals surface area contributed by atoms with E-state index in [4.69, 9.17) is 5.11 Å². The van der Waals surface area contributed by atoms with Crippen molar-refractivity contribution in [3.05, 3.63) is 41.5 Å². The van der Waals surface area contributed by atoms with Crippen LogP contribution in [-0.4, -0.2) is 38.5 Å². The highest BCUT2D eigenvalue weighted by molar-refractivity contribution is 5.94. The molecule has 2 rings (SSSR count). The van der Waals surface area contributed by atoms with Crippen molar-refractivity contribution in [2.24, 2.45) is 0 Å². The van der Waals surface area contributed by atoms with Crippen molar-refractivity contribution in [2.45, 2.75) is 20.0 Å². The van der Waals surface area contributed by atoms with Gasteiger partial charge in [0.15, 0.2) is 11.4 Å². The minimum atomic E-state index is -0.697. The van der Waals surface area contributed by atoms with Crippen molar-refractivity contribution in [1.29, 1.82) is 0 Å². The van der Waals surface area contributed by atoms with E-state index >= 15 is 0 Å². The summed E-state index contributed by atoms with van der Waals surface area (Å²) in [5.74, 6) is -1.25. The molecule has 0 bridgehead atoms. The SMILES string of the molecule is Cc1cc(F)ccc1-n1cc(O)c(C(=O)NCC(C)O)n1. The van der Waals surface area contributed by atoms with Crippen LogP contribution in [0.1, 0.15) is 23.0 Å². The Hall–Kier alpha value is -2.41. The topological polar surface area (TPSA) is 87.4 Å². The summed E-state index contributed by atoms with van der Waals surface area (Å²) in [6, 6.07) is 4.12. The van der Waals surface area contributed by atoms with Crippen molar-refractivity contribution in [1.82, 2.24) is 15.1 Å². The number of nitrogens with zero attached hydrogens (tertiary/aromatic N) is 2. The monoisotopic (exact) mass is 293 g/mol. The first-order chi connectivity index (χ1) is 9.88. The molecule has 3 N–H and O–H groups in total. The average molecular weight is 293 g/mol. The number of carbonyl (C=O) groups excluding carboxylic acids is 1. The predicted molar refractivity (Wildman–Crippen MR) is 73.9 cm³/mol. The maximum Gasteiger partial charge on any atom is 0.275 e. The Morgan fingerprint density at radius 2 is 2.24 bits per heavy atom. The molecule has 0 saturated carbocycles. The summed E-state index contributed by atoms with van der Waals surface area (Å²) in [6.45, 7) is 3.28. The largest absolute Gasteiger partial charge is 0.504 e. The van der Waals surface area contributed by atoms with Gasteiger partial charge in [0.05, 0.1) is 18.0 Å². The predicted octanol–water partition coefficient (Wildman–Crippen LogP) is 1.14. The van der Waals surface area contributed by atoms with Gasteiger partial charge in [0.25, 0.3) is 5.91 Å². The number of aromatic hydroxyl groups is 1. The fourth-order valence-electron chi connectivity index (χ4n) is 1.85. The fourth-order valence-corrected chi connectivity index (χ4v) is 1.85. The minimum absolute atomic E-state index is 0.0563. The van der Waals surface area contributed by atoms with Crippen LogP contribution in [0.2, 0.25) is 0 Å². The first-order valence-corrected chi connectivity index (χ1v) is 6.40. The molecule has 0 aliphatic heterocycles. The number of aliphatic hydroxyl groups is 1. The summed E-state index contributed by atoms with van der Waals surface area (Å²) in [4.78, 5) is 11.8. The van der Waals surface area contributed by atoms with Crippen LogP contribution in [-0.2, 0) is 0 Å². The molecule has 0 saturated heterocycles. The second-order valence-corrected chi connectivity index (χ2v) is 4.80. The Bertz CT molecular complexity index is 667. The third-order valence-electron chi connectivity index (χ3n) is 2.87. The summed E-state index contributed by atoms with van der Waals surface area (Å²) in [5, 5.41) is 25.4. The van der Waals surface area contributed by atoms with Gasteiger partial charge >= 0.3 is 0 Å². The van der Waals surface area contributed by atoms with Gasteiger partial charge in [-0.2, -0.15) is 5.10 Å². The van der Waals surface area contributed by atoms with Crippen LogP contribution < -0.4 is 5.32 Å². The van der Waals surface area contributed by atoms with Crippen molar-refractivity contribution >= 4 is 5.91 Å². The van der Waals surface area contributed by atoms with Gasteiger partial charge in [-0.1, -0.05) is 0 Å².